The lowest BCUT2D eigenvalue weighted by molar-refractivity contribution is 0.490. The number of hydrogen-bond acceptors (Lipinski definition) is 3. The smallest absolute Gasteiger partial charge is 0.243 e. The third-order valence-electron chi connectivity index (χ3n) is 3.35. The predicted octanol–water partition coefficient (Wildman–Crippen LogP) is 3.09. The van der Waals surface area contributed by atoms with Gasteiger partial charge in [0.25, 0.3) is 0 Å². The molecule has 1 aliphatic carbocycles. The summed E-state index contributed by atoms with van der Waals surface area (Å²) in [6.07, 6.45) is 4.51. The summed E-state index contributed by atoms with van der Waals surface area (Å²) in [5, 5.41) is 7.87. The minimum Gasteiger partial charge on any atom is -0.348 e. The van der Waals surface area contributed by atoms with E-state index >= 15 is 0 Å². The van der Waals surface area contributed by atoms with Gasteiger partial charge < -0.3 is 5.32 Å². The van der Waals surface area contributed by atoms with Gasteiger partial charge >= 0.3 is 0 Å². The van der Waals surface area contributed by atoms with Gasteiger partial charge in [-0.1, -0.05) is 0 Å². The Bertz CT molecular complexity index is 557. The van der Waals surface area contributed by atoms with Gasteiger partial charge in [0.1, 0.15) is 0 Å². The van der Waals surface area contributed by atoms with Crippen LogP contribution < -0.4 is 5.32 Å². The summed E-state index contributed by atoms with van der Waals surface area (Å²) in [6, 6.07) is 3.92. The van der Waals surface area contributed by atoms with E-state index in [9.17, 15) is 0 Å². The molecule has 17 heavy (non-hydrogen) atoms. The molecule has 2 aromatic rings. The summed E-state index contributed by atoms with van der Waals surface area (Å²) in [7, 11) is 0. The fourth-order valence-electron chi connectivity index (χ4n) is 2.12. The van der Waals surface area contributed by atoms with Crippen LogP contribution in [-0.4, -0.2) is 20.1 Å². The molecule has 0 amide bonds. The topological polar surface area (TPSA) is 42.2 Å². The molecule has 0 aromatic carbocycles. The number of pyridine rings is 1. The quantitative estimate of drug-likeness (QED) is 0.946. The molecule has 0 saturated heterocycles. The maximum absolute atomic E-state index is 4.50. The molecule has 2 heterocycles. The van der Waals surface area contributed by atoms with E-state index in [1.807, 2.05) is 18.3 Å². The molecule has 4 nitrogen and oxygen atoms in total. The number of rotatable bonds is 3. The molecule has 0 radical (unpaired) electrons. The second-order valence-corrected chi connectivity index (χ2v) is 6.04. The van der Waals surface area contributed by atoms with Crippen molar-refractivity contribution in [1.29, 1.82) is 0 Å². The average Bonchev–Trinajstić information content (AvgIpc) is 3.02. The van der Waals surface area contributed by atoms with E-state index in [0.717, 1.165) is 16.0 Å². The van der Waals surface area contributed by atoms with Crippen LogP contribution in [0.1, 0.15) is 26.7 Å². The van der Waals surface area contributed by atoms with Crippen LogP contribution in [0.25, 0.3) is 5.65 Å². The van der Waals surface area contributed by atoms with Crippen LogP contribution >= 0.6 is 15.9 Å². The summed E-state index contributed by atoms with van der Waals surface area (Å²) >= 11 is 3.48. The molecule has 0 unspecified atom stereocenters. The third kappa shape index (κ3) is 2.04. The monoisotopic (exact) mass is 294 g/mol. The van der Waals surface area contributed by atoms with Crippen LogP contribution in [0.2, 0.25) is 0 Å². The van der Waals surface area contributed by atoms with Crippen molar-refractivity contribution in [3.8, 4) is 0 Å². The van der Waals surface area contributed by atoms with Crippen molar-refractivity contribution in [3.63, 3.8) is 0 Å². The van der Waals surface area contributed by atoms with Crippen LogP contribution in [0.5, 0.6) is 0 Å². The van der Waals surface area contributed by atoms with Gasteiger partial charge in [0.15, 0.2) is 5.65 Å². The van der Waals surface area contributed by atoms with Gasteiger partial charge in [-0.05, 0) is 60.7 Å². The molecule has 0 bridgehead atoms. The number of nitrogens with zero attached hydrogens (tertiary/aromatic N) is 3. The standard InChI is InChI=1S/C12H15BrN4/c1-12(2,8-5-6-8)15-11-14-10-9(13)4-3-7-17(10)16-11/h3-4,7-8H,5-6H2,1-2H3,(H,15,16). The fraction of sp³-hybridized carbons (Fsp3) is 0.500. The Morgan fingerprint density at radius 2 is 2.24 bits per heavy atom. The van der Waals surface area contributed by atoms with E-state index in [2.05, 4.69) is 45.2 Å². The van der Waals surface area contributed by atoms with E-state index in [1.54, 1.807) is 4.52 Å². The van der Waals surface area contributed by atoms with Crippen LogP contribution in [0.4, 0.5) is 5.95 Å². The zero-order chi connectivity index (χ0) is 12.0. The van der Waals surface area contributed by atoms with Gasteiger partial charge in [-0.3, -0.25) is 0 Å². The maximum Gasteiger partial charge on any atom is 0.243 e. The van der Waals surface area contributed by atoms with Crippen LogP contribution in [0, 0.1) is 5.92 Å². The summed E-state index contributed by atoms with van der Waals surface area (Å²) in [4.78, 5) is 4.50. The van der Waals surface area contributed by atoms with Gasteiger partial charge in [0.2, 0.25) is 5.95 Å². The van der Waals surface area contributed by atoms with Crippen molar-refractivity contribution >= 4 is 27.5 Å². The van der Waals surface area contributed by atoms with Gasteiger partial charge in [0, 0.05) is 11.7 Å². The lowest BCUT2D eigenvalue weighted by Crippen LogP contribution is -2.33. The lowest BCUT2D eigenvalue weighted by atomic mass is 9.99. The van der Waals surface area contributed by atoms with E-state index < -0.39 is 0 Å². The Hall–Kier alpha value is -1.10. The highest BCUT2D eigenvalue weighted by atomic mass is 79.9. The zero-order valence-corrected chi connectivity index (χ0v) is 11.5. The number of nitrogens with one attached hydrogen (secondary N) is 1. The Balaban J connectivity index is 1.93. The van der Waals surface area contributed by atoms with Gasteiger partial charge in [-0.15, -0.1) is 5.10 Å². The highest BCUT2D eigenvalue weighted by molar-refractivity contribution is 9.10. The molecule has 0 atom stereocenters. The van der Waals surface area contributed by atoms with E-state index in [0.29, 0.717) is 5.95 Å². The summed E-state index contributed by atoms with van der Waals surface area (Å²) in [5.74, 6) is 1.45. The molecule has 90 valence electrons. The Labute approximate surface area is 109 Å². The van der Waals surface area contributed by atoms with Gasteiger partial charge in [0.05, 0.1) is 4.47 Å². The molecule has 2 aromatic heterocycles. The molecule has 3 rings (SSSR count). The van der Waals surface area contributed by atoms with Crippen molar-refractivity contribution in [1.82, 2.24) is 14.6 Å². The van der Waals surface area contributed by atoms with E-state index in [1.165, 1.54) is 12.8 Å². The second kappa shape index (κ2) is 3.70. The van der Waals surface area contributed by atoms with Gasteiger partial charge in [-0.25, -0.2) is 4.52 Å². The predicted molar refractivity (Wildman–Crippen MR) is 71.1 cm³/mol. The number of anilines is 1. The van der Waals surface area contributed by atoms with Crippen molar-refractivity contribution in [2.45, 2.75) is 32.2 Å². The second-order valence-electron chi connectivity index (χ2n) is 5.18. The minimum absolute atomic E-state index is 0.0808. The highest BCUT2D eigenvalue weighted by Crippen LogP contribution is 2.40. The molecule has 1 fully saturated rings. The summed E-state index contributed by atoms with van der Waals surface area (Å²) in [5.41, 5.74) is 0.929. The van der Waals surface area contributed by atoms with Crippen molar-refractivity contribution < 1.29 is 0 Å². The summed E-state index contributed by atoms with van der Waals surface area (Å²) in [6.45, 7) is 4.43. The maximum atomic E-state index is 4.50. The Morgan fingerprint density at radius 1 is 1.47 bits per heavy atom. The highest BCUT2D eigenvalue weighted by Gasteiger charge is 2.38. The third-order valence-corrected chi connectivity index (χ3v) is 3.97. The first kappa shape index (κ1) is 11.0. The van der Waals surface area contributed by atoms with Crippen LogP contribution in [0.15, 0.2) is 22.8 Å². The zero-order valence-electron chi connectivity index (χ0n) is 9.94. The van der Waals surface area contributed by atoms with Crippen molar-refractivity contribution in [2.24, 2.45) is 5.92 Å². The Kier molecular flexibility index (Phi) is 2.40. The molecular weight excluding hydrogens is 280 g/mol. The first-order chi connectivity index (χ1) is 8.06. The van der Waals surface area contributed by atoms with Crippen LogP contribution in [0.3, 0.4) is 0 Å². The molecule has 1 aliphatic rings. The van der Waals surface area contributed by atoms with Crippen LogP contribution in [-0.2, 0) is 0 Å². The first-order valence-electron chi connectivity index (χ1n) is 5.85. The van der Waals surface area contributed by atoms with Crippen molar-refractivity contribution in [3.05, 3.63) is 22.8 Å². The fourth-order valence-corrected chi connectivity index (χ4v) is 2.54. The number of halogens is 1. The molecule has 1 N–H and O–H groups in total. The molecule has 5 heteroatoms. The largest absolute Gasteiger partial charge is 0.348 e. The molecular formula is C12H15BrN4. The summed E-state index contributed by atoms with van der Waals surface area (Å²) < 4.78 is 2.75. The molecule has 1 saturated carbocycles. The first-order valence-corrected chi connectivity index (χ1v) is 6.65. The number of aromatic nitrogens is 3. The van der Waals surface area contributed by atoms with E-state index in [4.69, 9.17) is 0 Å². The SMILES string of the molecule is CC(C)(Nc1nc2c(Br)cccn2n1)C1CC1. The minimum atomic E-state index is 0.0808. The number of fused-ring (bicyclic) bond motifs is 1. The van der Waals surface area contributed by atoms with E-state index in [-0.39, 0.29) is 5.54 Å². The molecule has 0 aliphatic heterocycles. The lowest BCUT2D eigenvalue weighted by Gasteiger charge is -2.24. The average molecular weight is 295 g/mol. The van der Waals surface area contributed by atoms with Gasteiger partial charge in [-0.2, -0.15) is 4.98 Å². The van der Waals surface area contributed by atoms with Crippen molar-refractivity contribution in [2.75, 3.05) is 5.32 Å². The molecule has 0 spiro atoms. The normalized spacial score (nSPS) is 16.4. The number of hydrogen-bond donors (Lipinski definition) is 1. The Morgan fingerprint density at radius 3 is 2.88 bits per heavy atom.